The van der Waals surface area contributed by atoms with Crippen LogP contribution in [0.1, 0.15) is 48.9 Å². The molecule has 1 aromatic carbocycles. The Labute approximate surface area is 197 Å². The molecule has 2 heterocycles. The summed E-state index contributed by atoms with van der Waals surface area (Å²) in [5, 5.41) is 6.01. The van der Waals surface area contributed by atoms with Gasteiger partial charge < -0.3 is 15.8 Å². The van der Waals surface area contributed by atoms with E-state index < -0.39 is 0 Å². The minimum Gasteiger partial charge on any atom is -0.379 e. The van der Waals surface area contributed by atoms with E-state index in [0.29, 0.717) is 18.7 Å². The van der Waals surface area contributed by atoms with Crippen LogP contribution in [0.25, 0.3) is 0 Å². The largest absolute Gasteiger partial charge is 0.379 e. The van der Waals surface area contributed by atoms with Crippen LogP contribution in [0.3, 0.4) is 0 Å². The summed E-state index contributed by atoms with van der Waals surface area (Å²) in [6.45, 7) is 2.59. The first-order valence-electron chi connectivity index (χ1n) is 11.1. The van der Waals surface area contributed by atoms with Crippen molar-refractivity contribution >= 4 is 34.8 Å². The van der Waals surface area contributed by atoms with Crippen LogP contribution in [0.2, 0.25) is 0 Å². The highest BCUT2D eigenvalue weighted by Crippen LogP contribution is 2.43. The highest BCUT2D eigenvalue weighted by Gasteiger charge is 2.30. The Morgan fingerprint density at radius 3 is 2.53 bits per heavy atom. The number of fused-ring (bicyclic) bond motifs is 2. The first kappa shape index (κ1) is 23.0. The third kappa shape index (κ3) is 5.99. The summed E-state index contributed by atoms with van der Waals surface area (Å²) in [4.78, 5) is 8.70. The number of aryl methyl sites for hydroxylation is 1. The summed E-state index contributed by atoms with van der Waals surface area (Å²) in [5.74, 6) is 2.90. The van der Waals surface area contributed by atoms with Crippen LogP contribution in [0.4, 0.5) is 15.9 Å². The zero-order valence-electron chi connectivity index (χ0n) is 18.3. The number of nitrogens with zero attached hydrogens (tertiary/aromatic N) is 2. The first-order valence-corrected chi connectivity index (χ1v) is 12.9. The van der Waals surface area contributed by atoms with Crippen molar-refractivity contribution in [3.05, 3.63) is 63.9 Å². The minimum atomic E-state index is -0.249. The number of nitrogens with one attached hydrogen (secondary N) is 2. The number of halogens is 1. The van der Waals surface area contributed by atoms with Crippen LogP contribution in [0, 0.1) is 24.6 Å². The smallest absolute Gasteiger partial charge is 0.147 e. The number of nitrogens with two attached hydrogens (primary N) is 1. The van der Waals surface area contributed by atoms with Crippen molar-refractivity contribution in [1.29, 1.82) is 0 Å². The predicted octanol–water partition coefficient (Wildman–Crippen LogP) is 6.37. The molecular formula is C24H30FN5S2. The highest BCUT2D eigenvalue weighted by atomic mass is 32.2. The van der Waals surface area contributed by atoms with Gasteiger partial charge in [-0.1, -0.05) is 37.8 Å². The van der Waals surface area contributed by atoms with Crippen molar-refractivity contribution in [3.8, 4) is 0 Å². The molecule has 2 saturated carbocycles. The molecule has 5 nitrogen and oxygen atoms in total. The Kier molecular flexibility index (Phi) is 8.00. The second-order valence-electron chi connectivity index (χ2n) is 8.42. The summed E-state index contributed by atoms with van der Waals surface area (Å²) in [6.07, 6.45) is 7.82. The van der Waals surface area contributed by atoms with Crippen LogP contribution in [-0.2, 0) is 13.1 Å². The fraction of sp³-hybridized carbons (Fsp3) is 0.417. The Morgan fingerprint density at radius 2 is 1.94 bits per heavy atom. The molecule has 2 bridgehead atoms. The molecule has 4 N–H and O–H groups in total. The molecule has 2 fully saturated rings. The van der Waals surface area contributed by atoms with Gasteiger partial charge in [0.05, 0.1) is 16.9 Å². The number of aromatic nitrogens is 2. The molecule has 5 rings (SSSR count). The van der Waals surface area contributed by atoms with Crippen molar-refractivity contribution in [2.24, 2.45) is 17.6 Å². The second kappa shape index (κ2) is 11.1. The fourth-order valence-corrected chi connectivity index (χ4v) is 5.70. The number of thiazole rings is 1. The molecule has 3 aromatic rings. The molecule has 0 atom stereocenters. The van der Waals surface area contributed by atoms with E-state index in [-0.39, 0.29) is 5.82 Å². The van der Waals surface area contributed by atoms with Crippen molar-refractivity contribution in [3.63, 3.8) is 0 Å². The third-order valence-corrected chi connectivity index (χ3v) is 7.61. The van der Waals surface area contributed by atoms with Crippen LogP contribution in [0.5, 0.6) is 0 Å². The number of rotatable bonds is 7. The maximum Gasteiger partial charge on any atom is 0.147 e. The molecule has 8 heteroatoms. The standard InChI is InChI=1S/C17H18FN5S2.C7H12/c1-11-15(20-8-13-12(7-19)3-2-4-14(13)18)5-6-17(22-11)25-23-16-9-24-10-21-16;1-2-7-4-3-6(1)5-7/h2-6,9-10,20,23H,7-8,19H2,1H3;6-7H,1-5H2. The lowest BCUT2D eigenvalue weighted by atomic mass is 10.0. The Balaban J connectivity index is 0.000000292. The van der Waals surface area contributed by atoms with Gasteiger partial charge in [0.25, 0.3) is 0 Å². The van der Waals surface area contributed by atoms with E-state index in [4.69, 9.17) is 5.73 Å². The first-order chi connectivity index (χ1) is 15.6. The molecule has 2 aliphatic rings. The van der Waals surface area contributed by atoms with Gasteiger partial charge in [-0.05, 0) is 48.9 Å². The zero-order valence-corrected chi connectivity index (χ0v) is 19.9. The maximum atomic E-state index is 14.0. The van der Waals surface area contributed by atoms with Crippen molar-refractivity contribution in [2.75, 3.05) is 10.0 Å². The van der Waals surface area contributed by atoms with E-state index in [1.54, 1.807) is 43.7 Å². The molecule has 0 amide bonds. The van der Waals surface area contributed by atoms with E-state index in [9.17, 15) is 4.39 Å². The second-order valence-corrected chi connectivity index (χ2v) is 9.96. The Morgan fingerprint density at radius 1 is 1.16 bits per heavy atom. The molecular weight excluding hydrogens is 441 g/mol. The lowest BCUT2D eigenvalue weighted by Gasteiger charge is -2.13. The SMILES string of the molecule is C1CC2CCC1C2.Cc1nc(SNc2cscn2)ccc1NCc1c(F)cccc1CN. The van der Waals surface area contributed by atoms with Gasteiger partial charge in [-0.25, -0.2) is 14.4 Å². The number of hydrogen-bond donors (Lipinski definition) is 3. The van der Waals surface area contributed by atoms with Crippen LogP contribution in [-0.4, -0.2) is 9.97 Å². The summed E-state index contributed by atoms with van der Waals surface area (Å²) in [5.41, 5.74) is 10.6. The molecule has 0 unspecified atom stereocenters. The molecule has 2 aliphatic carbocycles. The van der Waals surface area contributed by atoms with Gasteiger partial charge in [-0.15, -0.1) is 11.3 Å². The summed E-state index contributed by atoms with van der Waals surface area (Å²) in [6, 6.07) is 8.82. The monoisotopic (exact) mass is 471 g/mol. The van der Waals surface area contributed by atoms with Gasteiger partial charge in [0.2, 0.25) is 0 Å². The summed E-state index contributed by atoms with van der Waals surface area (Å²) < 4.78 is 17.1. The minimum absolute atomic E-state index is 0.249. The Bertz CT molecular complexity index is 994. The number of pyridine rings is 1. The van der Waals surface area contributed by atoms with Crippen LogP contribution < -0.4 is 15.8 Å². The van der Waals surface area contributed by atoms with E-state index in [1.165, 1.54) is 41.2 Å². The summed E-state index contributed by atoms with van der Waals surface area (Å²) >= 11 is 2.93. The van der Waals surface area contributed by atoms with Crippen LogP contribution in [0.15, 0.2) is 46.2 Å². The quantitative estimate of drug-likeness (QED) is 0.348. The van der Waals surface area contributed by atoms with Gasteiger partial charge in [-0.3, -0.25) is 0 Å². The number of benzene rings is 1. The zero-order chi connectivity index (χ0) is 22.3. The Hall–Kier alpha value is -2.16. The van der Waals surface area contributed by atoms with Gasteiger partial charge in [0.15, 0.2) is 0 Å². The predicted molar refractivity (Wildman–Crippen MR) is 132 cm³/mol. The van der Waals surface area contributed by atoms with Gasteiger partial charge in [-0.2, -0.15) is 0 Å². The van der Waals surface area contributed by atoms with Gasteiger partial charge in [0.1, 0.15) is 16.7 Å². The van der Waals surface area contributed by atoms with E-state index in [2.05, 4.69) is 20.0 Å². The van der Waals surface area contributed by atoms with Crippen molar-refractivity contribution < 1.29 is 4.39 Å². The van der Waals surface area contributed by atoms with E-state index in [0.717, 1.165) is 27.8 Å². The average Bonchev–Trinajstić information content (AvgIpc) is 3.58. The normalized spacial score (nSPS) is 18.8. The molecule has 0 saturated heterocycles. The lowest BCUT2D eigenvalue weighted by molar-refractivity contribution is 0.480. The number of anilines is 2. The molecule has 32 heavy (non-hydrogen) atoms. The van der Waals surface area contributed by atoms with Gasteiger partial charge in [0, 0.05) is 36.0 Å². The highest BCUT2D eigenvalue weighted by molar-refractivity contribution is 8.00. The lowest BCUT2D eigenvalue weighted by Crippen LogP contribution is -2.09. The van der Waals surface area contributed by atoms with Crippen molar-refractivity contribution in [2.45, 2.75) is 57.1 Å². The van der Waals surface area contributed by atoms with Crippen molar-refractivity contribution in [1.82, 2.24) is 9.97 Å². The number of hydrogen-bond acceptors (Lipinski definition) is 7. The summed E-state index contributed by atoms with van der Waals surface area (Å²) in [7, 11) is 0. The molecule has 0 spiro atoms. The van der Waals surface area contributed by atoms with Gasteiger partial charge >= 0.3 is 0 Å². The topological polar surface area (TPSA) is 75.9 Å². The third-order valence-electron chi connectivity index (χ3n) is 6.28. The van der Waals surface area contributed by atoms with E-state index >= 15 is 0 Å². The molecule has 0 radical (unpaired) electrons. The molecule has 170 valence electrons. The molecule has 0 aliphatic heterocycles. The maximum absolute atomic E-state index is 14.0. The van der Waals surface area contributed by atoms with E-state index in [1.807, 2.05) is 30.5 Å². The fourth-order valence-electron chi connectivity index (χ4n) is 4.50. The molecule has 2 aromatic heterocycles. The van der Waals surface area contributed by atoms with Crippen LogP contribution >= 0.6 is 23.3 Å². The average molecular weight is 472 g/mol.